The number of hydrogen-bond acceptors (Lipinski definition) is 5. The normalized spacial score (nSPS) is 14.2. The molecular weight excluding hydrogens is 535 g/mol. The average Bonchev–Trinajstić information content (AvgIpc) is 2.81. The zero-order valence-corrected chi connectivity index (χ0v) is 22.0. The molecule has 2 aromatic rings. The van der Waals surface area contributed by atoms with Crippen LogP contribution in [0.3, 0.4) is 0 Å². The Hall–Kier alpha value is -2.67. The van der Waals surface area contributed by atoms with Crippen LogP contribution in [0.5, 0.6) is 0 Å². The zero-order chi connectivity index (χ0) is 27.8. The van der Waals surface area contributed by atoms with Crippen LogP contribution in [0.2, 0.25) is 5.02 Å². The number of piperazine rings is 1. The molecule has 1 aliphatic rings. The van der Waals surface area contributed by atoms with Gasteiger partial charge in [-0.25, -0.2) is 13.2 Å². The van der Waals surface area contributed by atoms with Gasteiger partial charge in [0.05, 0.1) is 4.90 Å². The summed E-state index contributed by atoms with van der Waals surface area (Å²) in [7, 11) is -3.78. The molecule has 0 bridgehead atoms. The number of aryl methyl sites for hydroxylation is 2. The SMILES string of the molecule is Cc1ccc(S(=O)(=O)N(CCC(=O)N2CCNCC2)Cc2cccc(Cl)c2)c(C)c1.O=C(O)C(F)(F)F. The molecule has 2 aromatic carbocycles. The van der Waals surface area contributed by atoms with Crippen molar-refractivity contribution in [2.75, 3.05) is 32.7 Å². The predicted octanol–water partition coefficient (Wildman–Crippen LogP) is 3.60. The summed E-state index contributed by atoms with van der Waals surface area (Å²) in [5.41, 5.74) is 2.48. The fraction of sp³-hybridized carbons (Fsp3) is 0.417. The van der Waals surface area contributed by atoms with E-state index in [-0.39, 0.29) is 30.3 Å². The van der Waals surface area contributed by atoms with Crippen LogP contribution in [-0.2, 0) is 26.2 Å². The van der Waals surface area contributed by atoms with Crippen LogP contribution in [-0.4, -0.2) is 73.5 Å². The van der Waals surface area contributed by atoms with E-state index in [1.165, 1.54) is 4.31 Å². The number of carbonyl (C=O) groups excluding carboxylic acids is 1. The number of sulfonamides is 1. The summed E-state index contributed by atoms with van der Waals surface area (Å²) in [6.45, 7) is 6.82. The quantitative estimate of drug-likeness (QED) is 0.533. The molecule has 0 aromatic heterocycles. The Balaban J connectivity index is 0.000000604. The smallest absolute Gasteiger partial charge is 0.475 e. The Kier molecular flexibility index (Phi) is 10.9. The molecule has 13 heteroatoms. The van der Waals surface area contributed by atoms with Crippen molar-refractivity contribution in [3.63, 3.8) is 0 Å². The molecule has 1 aliphatic heterocycles. The van der Waals surface area contributed by atoms with Gasteiger partial charge in [0, 0.05) is 50.7 Å². The number of nitrogens with one attached hydrogen (secondary N) is 1. The van der Waals surface area contributed by atoms with Crippen molar-refractivity contribution in [1.82, 2.24) is 14.5 Å². The van der Waals surface area contributed by atoms with Crippen LogP contribution in [0, 0.1) is 13.8 Å². The number of nitrogens with zero attached hydrogens (tertiary/aromatic N) is 2. The van der Waals surface area contributed by atoms with Gasteiger partial charge in [-0.2, -0.15) is 17.5 Å². The average molecular weight is 564 g/mol. The number of aliphatic carboxylic acids is 1. The fourth-order valence-electron chi connectivity index (χ4n) is 3.64. The van der Waals surface area contributed by atoms with E-state index in [1.807, 2.05) is 19.1 Å². The Morgan fingerprint density at radius 3 is 2.27 bits per heavy atom. The summed E-state index contributed by atoms with van der Waals surface area (Å²) in [4.78, 5) is 23.6. The fourth-order valence-corrected chi connectivity index (χ4v) is 5.49. The lowest BCUT2D eigenvalue weighted by molar-refractivity contribution is -0.192. The van der Waals surface area contributed by atoms with Crippen LogP contribution in [0.25, 0.3) is 0 Å². The van der Waals surface area contributed by atoms with Gasteiger partial charge in [0.2, 0.25) is 15.9 Å². The summed E-state index contributed by atoms with van der Waals surface area (Å²) in [6, 6.07) is 12.4. The first-order chi connectivity index (χ1) is 17.2. The van der Waals surface area contributed by atoms with Crippen molar-refractivity contribution in [3.05, 3.63) is 64.2 Å². The van der Waals surface area contributed by atoms with E-state index in [4.69, 9.17) is 21.5 Å². The number of alkyl halides is 3. The van der Waals surface area contributed by atoms with Gasteiger partial charge in [0.1, 0.15) is 0 Å². The number of amides is 1. The van der Waals surface area contributed by atoms with Gasteiger partial charge in [-0.05, 0) is 43.2 Å². The minimum absolute atomic E-state index is 0.0246. The molecule has 8 nitrogen and oxygen atoms in total. The van der Waals surface area contributed by atoms with Crippen molar-refractivity contribution in [3.8, 4) is 0 Å². The van der Waals surface area contributed by atoms with Crippen LogP contribution in [0.15, 0.2) is 47.4 Å². The molecule has 0 unspecified atom stereocenters. The minimum Gasteiger partial charge on any atom is -0.475 e. The van der Waals surface area contributed by atoms with Gasteiger partial charge >= 0.3 is 12.1 Å². The number of halogens is 4. The number of rotatable bonds is 7. The van der Waals surface area contributed by atoms with E-state index < -0.39 is 22.2 Å². The van der Waals surface area contributed by atoms with Crippen molar-refractivity contribution in [1.29, 1.82) is 0 Å². The molecule has 1 amide bonds. The lowest BCUT2D eigenvalue weighted by Crippen LogP contribution is -2.47. The topological polar surface area (TPSA) is 107 Å². The number of carboxylic acids is 1. The summed E-state index contributed by atoms with van der Waals surface area (Å²) in [6.07, 6.45) is -4.94. The molecule has 2 N–H and O–H groups in total. The first-order valence-corrected chi connectivity index (χ1v) is 13.1. The number of hydrogen-bond donors (Lipinski definition) is 2. The van der Waals surface area contributed by atoms with Gasteiger partial charge in [0.15, 0.2) is 0 Å². The molecule has 0 spiro atoms. The van der Waals surface area contributed by atoms with Crippen molar-refractivity contribution in [2.45, 2.75) is 37.9 Å². The van der Waals surface area contributed by atoms with Gasteiger partial charge in [-0.15, -0.1) is 0 Å². The maximum Gasteiger partial charge on any atom is 0.490 e. The van der Waals surface area contributed by atoms with E-state index in [0.29, 0.717) is 23.7 Å². The van der Waals surface area contributed by atoms with Crippen LogP contribution in [0.4, 0.5) is 13.2 Å². The molecular formula is C24H29ClF3N3O5S. The van der Waals surface area contributed by atoms with Crippen LogP contribution >= 0.6 is 11.6 Å². The Morgan fingerprint density at radius 2 is 1.73 bits per heavy atom. The maximum absolute atomic E-state index is 13.5. The highest BCUT2D eigenvalue weighted by Crippen LogP contribution is 2.24. The van der Waals surface area contributed by atoms with Crippen molar-refractivity contribution < 1.29 is 36.3 Å². The molecule has 1 heterocycles. The van der Waals surface area contributed by atoms with E-state index in [9.17, 15) is 26.4 Å². The zero-order valence-electron chi connectivity index (χ0n) is 20.4. The second kappa shape index (κ2) is 13.2. The first-order valence-electron chi connectivity index (χ1n) is 11.3. The van der Waals surface area contributed by atoms with E-state index >= 15 is 0 Å². The van der Waals surface area contributed by atoms with Crippen LogP contribution in [0.1, 0.15) is 23.1 Å². The molecule has 204 valence electrons. The largest absolute Gasteiger partial charge is 0.490 e. The van der Waals surface area contributed by atoms with Gasteiger partial charge in [-0.1, -0.05) is 41.4 Å². The van der Waals surface area contributed by atoms with Crippen LogP contribution < -0.4 is 5.32 Å². The number of carboxylic acid groups (broad SMARTS) is 1. The molecule has 3 rings (SSSR count). The molecule has 0 aliphatic carbocycles. The molecule has 1 saturated heterocycles. The second-order valence-corrected chi connectivity index (χ2v) is 10.8. The maximum atomic E-state index is 13.5. The molecule has 1 fully saturated rings. The standard InChI is InChI=1S/C22H28ClN3O3S.C2HF3O2/c1-17-6-7-21(18(2)14-17)30(28,29)26(16-19-4-3-5-20(23)15-19)11-8-22(27)25-12-9-24-10-13-25;3-2(4,5)1(6)7/h3-7,14-15,24H,8-13,16H2,1-2H3;(H,6,7). The summed E-state index contributed by atoms with van der Waals surface area (Å²) in [5, 5.41) is 10.9. The molecule has 0 saturated carbocycles. The van der Waals surface area contributed by atoms with Crippen molar-refractivity contribution >= 4 is 33.5 Å². The van der Waals surface area contributed by atoms with E-state index in [1.54, 1.807) is 42.2 Å². The summed E-state index contributed by atoms with van der Waals surface area (Å²) in [5.74, 6) is -2.78. The van der Waals surface area contributed by atoms with E-state index in [0.717, 1.165) is 24.2 Å². The molecule has 37 heavy (non-hydrogen) atoms. The van der Waals surface area contributed by atoms with Gasteiger partial charge in [-0.3, -0.25) is 4.79 Å². The molecule has 0 atom stereocenters. The molecule has 0 radical (unpaired) electrons. The van der Waals surface area contributed by atoms with E-state index in [2.05, 4.69) is 5.32 Å². The highest BCUT2D eigenvalue weighted by atomic mass is 35.5. The number of carbonyl (C=O) groups is 2. The highest BCUT2D eigenvalue weighted by molar-refractivity contribution is 7.89. The number of benzene rings is 2. The minimum atomic E-state index is -5.08. The lowest BCUT2D eigenvalue weighted by Gasteiger charge is -2.29. The monoisotopic (exact) mass is 563 g/mol. The predicted molar refractivity (Wildman–Crippen MR) is 133 cm³/mol. The summed E-state index contributed by atoms with van der Waals surface area (Å²) >= 11 is 6.10. The second-order valence-electron chi connectivity index (χ2n) is 8.42. The lowest BCUT2D eigenvalue weighted by atomic mass is 10.2. The first kappa shape index (κ1) is 30.6. The van der Waals surface area contributed by atoms with Gasteiger partial charge < -0.3 is 15.3 Å². The summed E-state index contributed by atoms with van der Waals surface area (Å²) < 4.78 is 60.1. The Morgan fingerprint density at radius 1 is 1.11 bits per heavy atom. The Bertz CT molecular complexity index is 1200. The van der Waals surface area contributed by atoms with Crippen molar-refractivity contribution in [2.24, 2.45) is 0 Å². The third-order valence-electron chi connectivity index (χ3n) is 5.48. The highest BCUT2D eigenvalue weighted by Gasteiger charge is 2.38. The Labute approximate surface area is 219 Å². The van der Waals surface area contributed by atoms with Gasteiger partial charge in [0.25, 0.3) is 0 Å². The third kappa shape index (κ3) is 9.29. The third-order valence-corrected chi connectivity index (χ3v) is 7.72.